The highest BCUT2D eigenvalue weighted by atomic mass is 16.5. The molecule has 1 fully saturated rings. The molecule has 2 heterocycles. The van der Waals surface area contributed by atoms with E-state index in [0.717, 1.165) is 30.7 Å². The van der Waals surface area contributed by atoms with Crippen LogP contribution >= 0.6 is 0 Å². The van der Waals surface area contributed by atoms with Crippen molar-refractivity contribution in [3.8, 4) is 5.75 Å². The summed E-state index contributed by atoms with van der Waals surface area (Å²) in [6.45, 7) is 4.32. The van der Waals surface area contributed by atoms with Crippen LogP contribution in [-0.4, -0.2) is 37.0 Å². The third-order valence-electron chi connectivity index (χ3n) is 4.43. The van der Waals surface area contributed by atoms with Crippen molar-refractivity contribution in [2.45, 2.75) is 38.1 Å². The lowest BCUT2D eigenvalue weighted by Crippen LogP contribution is -2.31. The summed E-state index contributed by atoms with van der Waals surface area (Å²) in [7, 11) is 0. The van der Waals surface area contributed by atoms with Crippen LogP contribution in [0.5, 0.6) is 5.75 Å². The number of ether oxygens (including phenoxy) is 1. The Kier molecular flexibility index (Phi) is 3.92. The molecule has 0 amide bonds. The maximum Gasteiger partial charge on any atom is 0.159 e. The fourth-order valence-electron chi connectivity index (χ4n) is 3.43. The number of hydrogen-bond donors (Lipinski definition) is 1. The standard InChI is InChI=1S/C16H22N2O2/c1-2-3-14-8-13(10-18(14)6-7-19)12-4-5-15-16(9-12)20-11-17-15/h4-5,7,9,13-14,17H,2-3,6,8,10-11H2,1H3. The maximum absolute atomic E-state index is 10.8. The van der Waals surface area contributed by atoms with Gasteiger partial charge in [0, 0.05) is 12.6 Å². The van der Waals surface area contributed by atoms with Crippen LogP contribution in [-0.2, 0) is 4.79 Å². The van der Waals surface area contributed by atoms with Crippen molar-refractivity contribution in [2.24, 2.45) is 0 Å². The number of anilines is 1. The Bertz CT molecular complexity index is 489. The molecule has 108 valence electrons. The molecule has 2 atom stereocenters. The van der Waals surface area contributed by atoms with Gasteiger partial charge in [0.15, 0.2) is 6.73 Å². The first-order valence-electron chi connectivity index (χ1n) is 7.50. The zero-order valence-electron chi connectivity index (χ0n) is 12.0. The molecule has 1 aromatic carbocycles. The lowest BCUT2D eigenvalue weighted by Gasteiger charge is -2.20. The Hall–Kier alpha value is -1.55. The fraction of sp³-hybridized carbons (Fsp3) is 0.562. The minimum absolute atomic E-state index is 0.515. The van der Waals surface area contributed by atoms with E-state index in [4.69, 9.17) is 4.74 Å². The average molecular weight is 274 g/mol. The first-order valence-corrected chi connectivity index (χ1v) is 7.50. The van der Waals surface area contributed by atoms with Gasteiger partial charge in [-0.05, 0) is 36.5 Å². The number of nitrogens with zero attached hydrogens (tertiary/aromatic N) is 1. The molecule has 0 aromatic heterocycles. The van der Waals surface area contributed by atoms with Crippen LogP contribution in [0.4, 0.5) is 5.69 Å². The SMILES string of the molecule is CCCC1CC(c2ccc3c(c2)OCN3)CN1CC=O. The van der Waals surface area contributed by atoms with Gasteiger partial charge >= 0.3 is 0 Å². The summed E-state index contributed by atoms with van der Waals surface area (Å²) < 4.78 is 5.57. The summed E-state index contributed by atoms with van der Waals surface area (Å²) in [4.78, 5) is 13.2. The van der Waals surface area contributed by atoms with E-state index in [2.05, 4.69) is 35.3 Å². The second kappa shape index (κ2) is 5.83. The van der Waals surface area contributed by atoms with Gasteiger partial charge in [-0.25, -0.2) is 0 Å². The number of rotatable bonds is 5. The highest BCUT2D eigenvalue weighted by Crippen LogP contribution is 2.38. The Labute approximate surface area is 120 Å². The van der Waals surface area contributed by atoms with Gasteiger partial charge in [-0.15, -0.1) is 0 Å². The molecule has 4 heteroatoms. The number of carbonyl (C=O) groups excluding carboxylic acids is 1. The van der Waals surface area contributed by atoms with E-state index in [1.807, 2.05) is 0 Å². The van der Waals surface area contributed by atoms with E-state index in [-0.39, 0.29) is 0 Å². The molecular formula is C16H22N2O2. The van der Waals surface area contributed by atoms with Gasteiger partial charge in [-0.1, -0.05) is 19.4 Å². The van der Waals surface area contributed by atoms with Gasteiger partial charge in [0.1, 0.15) is 12.0 Å². The molecule has 2 aliphatic heterocycles. The van der Waals surface area contributed by atoms with Crippen LogP contribution in [0.2, 0.25) is 0 Å². The van der Waals surface area contributed by atoms with Gasteiger partial charge in [0.25, 0.3) is 0 Å². The number of benzene rings is 1. The summed E-state index contributed by atoms with van der Waals surface area (Å²) in [5.41, 5.74) is 2.42. The lowest BCUT2D eigenvalue weighted by atomic mass is 9.94. The Morgan fingerprint density at radius 1 is 1.50 bits per heavy atom. The largest absolute Gasteiger partial charge is 0.471 e. The number of likely N-dealkylation sites (tertiary alicyclic amines) is 1. The molecule has 1 aromatic rings. The quantitative estimate of drug-likeness (QED) is 0.838. The molecule has 20 heavy (non-hydrogen) atoms. The highest BCUT2D eigenvalue weighted by molar-refractivity contribution is 5.60. The Morgan fingerprint density at radius 3 is 3.20 bits per heavy atom. The van der Waals surface area contributed by atoms with Gasteiger partial charge in [0.05, 0.1) is 12.2 Å². The zero-order chi connectivity index (χ0) is 13.9. The summed E-state index contributed by atoms with van der Waals surface area (Å²) in [5.74, 6) is 1.48. The van der Waals surface area contributed by atoms with E-state index in [9.17, 15) is 4.79 Å². The highest BCUT2D eigenvalue weighted by Gasteiger charge is 2.32. The first-order chi connectivity index (χ1) is 9.81. The number of fused-ring (bicyclic) bond motifs is 1. The molecule has 2 aliphatic rings. The van der Waals surface area contributed by atoms with Crippen LogP contribution in [0, 0.1) is 0 Å². The fourth-order valence-corrected chi connectivity index (χ4v) is 3.43. The van der Waals surface area contributed by atoms with Crippen molar-refractivity contribution >= 4 is 12.0 Å². The average Bonchev–Trinajstić information content (AvgIpc) is 3.06. The lowest BCUT2D eigenvalue weighted by molar-refractivity contribution is -0.109. The third-order valence-corrected chi connectivity index (χ3v) is 4.43. The predicted octanol–water partition coefficient (Wildman–Crippen LogP) is 2.61. The van der Waals surface area contributed by atoms with Crippen molar-refractivity contribution in [2.75, 3.05) is 25.1 Å². The molecule has 3 rings (SSSR count). The monoisotopic (exact) mass is 274 g/mol. The molecule has 0 spiro atoms. The second-order valence-electron chi connectivity index (χ2n) is 5.72. The molecule has 2 unspecified atom stereocenters. The van der Waals surface area contributed by atoms with Gasteiger partial charge < -0.3 is 14.8 Å². The van der Waals surface area contributed by atoms with Crippen molar-refractivity contribution < 1.29 is 9.53 Å². The molecule has 1 N–H and O–H groups in total. The van der Waals surface area contributed by atoms with E-state index in [1.54, 1.807) is 0 Å². The minimum Gasteiger partial charge on any atom is -0.471 e. The minimum atomic E-state index is 0.515. The van der Waals surface area contributed by atoms with Crippen molar-refractivity contribution in [1.82, 2.24) is 4.90 Å². The molecular weight excluding hydrogens is 252 g/mol. The molecule has 0 saturated carbocycles. The first kappa shape index (κ1) is 13.4. The second-order valence-corrected chi connectivity index (χ2v) is 5.72. The molecule has 4 nitrogen and oxygen atoms in total. The van der Waals surface area contributed by atoms with E-state index < -0.39 is 0 Å². The molecule has 0 aliphatic carbocycles. The summed E-state index contributed by atoms with van der Waals surface area (Å²) in [5, 5.41) is 3.20. The summed E-state index contributed by atoms with van der Waals surface area (Å²) in [6, 6.07) is 7.00. The number of carbonyl (C=O) groups is 1. The Morgan fingerprint density at radius 2 is 2.40 bits per heavy atom. The topological polar surface area (TPSA) is 41.6 Å². The van der Waals surface area contributed by atoms with Crippen LogP contribution < -0.4 is 10.1 Å². The van der Waals surface area contributed by atoms with Crippen LogP contribution in [0.3, 0.4) is 0 Å². The maximum atomic E-state index is 10.8. The Balaban J connectivity index is 1.75. The van der Waals surface area contributed by atoms with E-state index in [1.165, 1.54) is 18.4 Å². The third kappa shape index (κ3) is 2.52. The van der Waals surface area contributed by atoms with Gasteiger partial charge in [-0.3, -0.25) is 4.90 Å². The summed E-state index contributed by atoms with van der Waals surface area (Å²) in [6.07, 6.45) is 4.52. The zero-order valence-corrected chi connectivity index (χ0v) is 12.0. The van der Waals surface area contributed by atoms with Crippen molar-refractivity contribution in [3.63, 3.8) is 0 Å². The van der Waals surface area contributed by atoms with Crippen molar-refractivity contribution in [1.29, 1.82) is 0 Å². The van der Waals surface area contributed by atoms with Crippen molar-refractivity contribution in [3.05, 3.63) is 23.8 Å². The van der Waals surface area contributed by atoms with Crippen LogP contribution in [0.15, 0.2) is 18.2 Å². The molecule has 0 bridgehead atoms. The number of nitrogens with one attached hydrogen (secondary N) is 1. The molecule has 0 radical (unpaired) electrons. The van der Waals surface area contributed by atoms with E-state index in [0.29, 0.717) is 25.2 Å². The smallest absolute Gasteiger partial charge is 0.159 e. The van der Waals surface area contributed by atoms with Gasteiger partial charge in [-0.2, -0.15) is 0 Å². The van der Waals surface area contributed by atoms with Crippen LogP contribution in [0.25, 0.3) is 0 Å². The van der Waals surface area contributed by atoms with Crippen LogP contribution in [0.1, 0.15) is 37.7 Å². The normalized spacial score (nSPS) is 25.1. The summed E-state index contributed by atoms with van der Waals surface area (Å²) >= 11 is 0. The molecule has 1 saturated heterocycles. The van der Waals surface area contributed by atoms with Gasteiger partial charge in [0.2, 0.25) is 0 Å². The number of hydrogen-bond acceptors (Lipinski definition) is 4. The number of aldehydes is 1. The predicted molar refractivity (Wildman–Crippen MR) is 79.3 cm³/mol. The van der Waals surface area contributed by atoms with E-state index >= 15 is 0 Å².